The molecule has 1 aliphatic rings. The van der Waals surface area contributed by atoms with Gasteiger partial charge in [0.05, 0.1) is 0 Å². The van der Waals surface area contributed by atoms with E-state index in [0.717, 1.165) is 12.3 Å². The minimum absolute atomic E-state index is 0.696. The largest absolute Gasteiger partial charge is 0.0853 e. The summed E-state index contributed by atoms with van der Waals surface area (Å²) < 4.78 is 0. The first-order valence-corrected chi connectivity index (χ1v) is 8.15. The Morgan fingerprint density at radius 1 is 0.950 bits per heavy atom. The zero-order valence-electron chi connectivity index (χ0n) is 14.1. The standard InChI is InChI=1S/C20H32/c1-16(2)20-14-12-18(4)9-7-6-8-17(3)10-11-19(5)13-15-20/h8-9,11,13,15-16,20H,6-7,10,12,14H2,1-5H3/b15-13+,17-8-,18-9+,19-11-. The van der Waals surface area contributed by atoms with Gasteiger partial charge >= 0.3 is 0 Å². The van der Waals surface area contributed by atoms with Gasteiger partial charge in [-0.1, -0.05) is 60.9 Å². The van der Waals surface area contributed by atoms with Crippen LogP contribution in [0.25, 0.3) is 0 Å². The summed E-state index contributed by atoms with van der Waals surface area (Å²) in [7, 11) is 0. The maximum absolute atomic E-state index is 2.43. The summed E-state index contributed by atoms with van der Waals surface area (Å²) in [6, 6.07) is 0. The molecule has 0 heteroatoms. The molecule has 0 N–H and O–H groups in total. The Labute approximate surface area is 126 Å². The lowest BCUT2D eigenvalue weighted by molar-refractivity contribution is 0.435. The minimum Gasteiger partial charge on any atom is -0.0853 e. The summed E-state index contributed by atoms with van der Waals surface area (Å²) in [5.74, 6) is 1.42. The lowest BCUT2D eigenvalue weighted by Gasteiger charge is -2.17. The predicted molar refractivity (Wildman–Crippen MR) is 91.8 cm³/mol. The van der Waals surface area contributed by atoms with Crippen LogP contribution < -0.4 is 0 Å². The molecule has 0 bridgehead atoms. The Bertz CT molecular complexity index is 402. The number of hydrogen-bond donors (Lipinski definition) is 0. The van der Waals surface area contributed by atoms with Crippen LogP contribution in [0, 0.1) is 11.8 Å². The lowest BCUT2D eigenvalue weighted by Crippen LogP contribution is -2.05. The van der Waals surface area contributed by atoms with Crippen molar-refractivity contribution >= 4 is 0 Å². The van der Waals surface area contributed by atoms with Gasteiger partial charge in [0.25, 0.3) is 0 Å². The quantitative estimate of drug-likeness (QED) is 0.471. The molecule has 0 nitrogen and oxygen atoms in total. The van der Waals surface area contributed by atoms with Crippen LogP contribution in [0.3, 0.4) is 0 Å². The highest BCUT2D eigenvalue weighted by molar-refractivity contribution is 5.20. The van der Waals surface area contributed by atoms with Gasteiger partial charge in [-0.2, -0.15) is 0 Å². The van der Waals surface area contributed by atoms with Gasteiger partial charge in [-0.3, -0.25) is 0 Å². The van der Waals surface area contributed by atoms with E-state index < -0.39 is 0 Å². The molecule has 112 valence electrons. The monoisotopic (exact) mass is 272 g/mol. The molecule has 0 fully saturated rings. The molecule has 0 amide bonds. The van der Waals surface area contributed by atoms with Crippen molar-refractivity contribution in [2.75, 3.05) is 0 Å². The Kier molecular flexibility index (Phi) is 7.65. The summed E-state index contributed by atoms with van der Waals surface area (Å²) in [5, 5.41) is 0. The Morgan fingerprint density at radius 3 is 2.25 bits per heavy atom. The maximum atomic E-state index is 2.43. The van der Waals surface area contributed by atoms with E-state index >= 15 is 0 Å². The van der Waals surface area contributed by atoms with Crippen LogP contribution in [-0.4, -0.2) is 0 Å². The third-order valence-corrected chi connectivity index (χ3v) is 4.23. The fourth-order valence-corrected chi connectivity index (χ4v) is 2.56. The number of allylic oxidation sites excluding steroid dienone is 8. The first-order chi connectivity index (χ1) is 9.49. The molecule has 1 atom stereocenters. The van der Waals surface area contributed by atoms with Gasteiger partial charge in [0.15, 0.2) is 0 Å². The summed E-state index contributed by atoms with van der Waals surface area (Å²) in [6.45, 7) is 11.4. The van der Waals surface area contributed by atoms with Crippen molar-refractivity contribution in [3.05, 3.63) is 47.1 Å². The molecule has 0 saturated carbocycles. The highest BCUT2D eigenvalue weighted by Gasteiger charge is 2.09. The third-order valence-electron chi connectivity index (χ3n) is 4.23. The zero-order valence-corrected chi connectivity index (χ0v) is 14.1. The molecule has 0 aliphatic heterocycles. The van der Waals surface area contributed by atoms with Crippen molar-refractivity contribution in [2.45, 2.75) is 66.7 Å². The molecule has 0 aromatic carbocycles. The Balaban J connectivity index is 2.86. The predicted octanol–water partition coefficient (Wildman–Crippen LogP) is 6.62. The highest BCUT2D eigenvalue weighted by atomic mass is 14.1. The van der Waals surface area contributed by atoms with E-state index in [0.29, 0.717) is 5.92 Å². The van der Waals surface area contributed by atoms with Gasteiger partial charge in [-0.05, 0) is 64.7 Å². The summed E-state index contributed by atoms with van der Waals surface area (Å²) in [5.41, 5.74) is 4.44. The van der Waals surface area contributed by atoms with Gasteiger partial charge < -0.3 is 0 Å². The van der Waals surface area contributed by atoms with Crippen LogP contribution >= 0.6 is 0 Å². The molecular weight excluding hydrogens is 240 g/mol. The van der Waals surface area contributed by atoms with Crippen LogP contribution in [0.4, 0.5) is 0 Å². The zero-order chi connectivity index (χ0) is 15.0. The van der Waals surface area contributed by atoms with Crippen molar-refractivity contribution in [3.63, 3.8) is 0 Å². The number of hydrogen-bond acceptors (Lipinski definition) is 0. The Morgan fingerprint density at radius 2 is 1.60 bits per heavy atom. The molecule has 0 radical (unpaired) electrons. The van der Waals surface area contributed by atoms with Gasteiger partial charge in [-0.15, -0.1) is 0 Å². The first-order valence-electron chi connectivity index (χ1n) is 8.15. The van der Waals surface area contributed by atoms with Crippen molar-refractivity contribution < 1.29 is 0 Å². The topological polar surface area (TPSA) is 0 Å². The van der Waals surface area contributed by atoms with Crippen LogP contribution in [0.2, 0.25) is 0 Å². The average Bonchev–Trinajstić information content (AvgIpc) is 2.40. The fourth-order valence-electron chi connectivity index (χ4n) is 2.56. The van der Waals surface area contributed by atoms with E-state index in [4.69, 9.17) is 0 Å². The molecular formula is C20H32. The van der Waals surface area contributed by atoms with Crippen molar-refractivity contribution in [2.24, 2.45) is 11.8 Å². The van der Waals surface area contributed by atoms with Gasteiger partial charge in [-0.25, -0.2) is 0 Å². The smallest absolute Gasteiger partial charge is 0.0136 e. The first kappa shape index (κ1) is 17.0. The SMILES string of the molecule is CC1=C/C/C(C)=C\CC/C=C(\C)CCC(C(C)C)\C=C\1. The number of rotatable bonds is 1. The van der Waals surface area contributed by atoms with E-state index in [1.54, 1.807) is 5.57 Å². The molecule has 1 rings (SSSR count). The van der Waals surface area contributed by atoms with E-state index in [-0.39, 0.29) is 0 Å². The fraction of sp³-hybridized carbons (Fsp3) is 0.600. The maximum Gasteiger partial charge on any atom is -0.0136 e. The van der Waals surface area contributed by atoms with Gasteiger partial charge in [0.1, 0.15) is 0 Å². The second-order valence-electron chi connectivity index (χ2n) is 6.64. The third kappa shape index (κ3) is 6.93. The molecule has 0 spiro atoms. The summed E-state index contributed by atoms with van der Waals surface area (Å²) >= 11 is 0. The second kappa shape index (κ2) is 9.00. The molecule has 1 unspecified atom stereocenters. The summed E-state index contributed by atoms with van der Waals surface area (Å²) in [6.07, 6.45) is 17.9. The van der Waals surface area contributed by atoms with E-state index in [2.05, 4.69) is 65.0 Å². The second-order valence-corrected chi connectivity index (χ2v) is 6.64. The molecule has 0 saturated heterocycles. The molecule has 0 aromatic rings. The molecule has 20 heavy (non-hydrogen) atoms. The van der Waals surface area contributed by atoms with Crippen LogP contribution in [0.5, 0.6) is 0 Å². The van der Waals surface area contributed by atoms with Crippen LogP contribution in [-0.2, 0) is 0 Å². The van der Waals surface area contributed by atoms with Crippen molar-refractivity contribution in [1.82, 2.24) is 0 Å². The lowest BCUT2D eigenvalue weighted by atomic mass is 9.88. The molecule has 0 heterocycles. The normalized spacial score (nSPS) is 32.3. The van der Waals surface area contributed by atoms with Crippen LogP contribution in [0.1, 0.15) is 66.7 Å². The van der Waals surface area contributed by atoms with Crippen molar-refractivity contribution in [3.8, 4) is 0 Å². The van der Waals surface area contributed by atoms with Gasteiger partial charge in [0, 0.05) is 0 Å². The summed E-state index contributed by atoms with van der Waals surface area (Å²) in [4.78, 5) is 0. The van der Waals surface area contributed by atoms with E-state index in [1.807, 2.05) is 0 Å². The van der Waals surface area contributed by atoms with Crippen molar-refractivity contribution in [1.29, 1.82) is 0 Å². The van der Waals surface area contributed by atoms with E-state index in [1.165, 1.54) is 36.8 Å². The minimum atomic E-state index is 0.696. The molecule has 0 aromatic heterocycles. The Hall–Kier alpha value is -1.04. The molecule has 1 aliphatic carbocycles. The van der Waals surface area contributed by atoms with Crippen LogP contribution in [0.15, 0.2) is 47.1 Å². The van der Waals surface area contributed by atoms with E-state index in [9.17, 15) is 0 Å². The van der Waals surface area contributed by atoms with Gasteiger partial charge in [0.2, 0.25) is 0 Å². The average molecular weight is 272 g/mol. The highest BCUT2D eigenvalue weighted by Crippen LogP contribution is 2.23.